The SMILES string of the molecule is N#Cc1cccc(OCC2CCCCO2)c1. The van der Waals surface area contributed by atoms with Gasteiger partial charge in [0.25, 0.3) is 0 Å². The molecule has 1 aromatic rings. The van der Waals surface area contributed by atoms with Crippen molar-refractivity contribution in [3.8, 4) is 11.8 Å². The molecule has 0 amide bonds. The van der Waals surface area contributed by atoms with E-state index in [0.29, 0.717) is 12.2 Å². The van der Waals surface area contributed by atoms with Gasteiger partial charge >= 0.3 is 0 Å². The highest BCUT2D eigenvalue weighted by atomic mass is 16.5. The van der Waals surface area contributed by atoms with Gasteiger partial charge in [-0.25, -0.2) is 0 Å². The minimum absolute atomic E-state index is 0.208. The molecule has 3 nitrogen and oxygen atoms in total. The second-order valence-electron chi connectivity index (χ2n) is 3.94. The Bertz CT molecular complexity index is 378. The van der Waals surface area contributed by atoms with Crippen LogP contribution in [0.2, 0.25) is 0 Å². The van der Waals surface area contributed by atoms with E-state index >= 15 is 0 Å². The molecule has 16 heavy (non-hydrogen) atoms. The first-order valence-corrected chi connectivity index (χ1v) is 5.63. The second kappa shape index (κ2) is 5.53. The third kappa shape index (κ3) is 2.98. The van der Waals surface area contributed by atoms with Crippen molar-refractivity contribution in [2.24, 2.45) is 0 Å². The van der Waals surface area contributed by atoms with E-state index in [2.05, 4.69) is 6.07 Å². The Morgan fingerprint density at radius 1 is 1.44 bits per heavy atom. The van der Waals surface area contributed by atoms with Crippen LogP contribution in [0.5, 0.6) is 5.75 Å². The van der Waals surface area contributed by atoms with Gasteiger partial charge in [-0.15, -0.1) is 0 Å². The number of rotatable bonds is 3. The van der Waals surface area contributed by atoms with Gasteiger partial charge in [0.15, 0.2) is 0 Å². The summed E-state index contributed by atoms with van der Waals surface area (Å²) < 4.78 is 11.2. The molecule has 1 fully saturated rings. The fraction of sp³-hybridized carbons (Fsp3) is 0.462. The normalized spacial score (nSPS) is 20.1. The van der Waals surface area contributed by atoms with Gasteiger partial charge in [0.1, 0.15) is 12.4 Å². The molecule has 0 aromatic heterocycles. The van der Waals surface area contributed by atoms with Crippen molar-refractivity contribution in [1.82, 2.24) is 0 Å². The lowest BCUT2D eigenvalue weighted by molar-refractivity contribution is -0.0110. The number of benzene rings is 1. The predicted octanol–water partition coefficient (Wildman–Crippen LogP) is 2.51. The summed E-state index contributed by atoms with van der Waals surface area (Å²) in [5, 5.41) is 8.75. The first-order valence-electron chi connectivity index (χ1n) is 5.63. The van der Waals surface area contributed by atoms with Gasteiger partial charge < -0.3 is 9.47 Å². The number of nitrogens with zero attached hydrogens (tertiary/aromatic N) is 1. The van der Waals surface area contributed by atoms with Crippen LogP contribution in [0, 0.1) is 11.3 Å². The molecule has 0 N–H and O–H groups in total. The second-order valence-corrected chi connectivity index (χ2v) is 3.94. The summed E-state index contributed by atoms with van der Waals surface area (Å²) >= 11 is 0. The number of hydrogen-bond donors (Lipinski definition) is 0. The molecule has 84 valence electrons. The van der Waals surface area contributed by atoms with Crippen LogP contribution in [-0.4, -0.2) is 19.3 Å². The lowest BCUT2D eigenvalue weighted by atomic mass is 10.1. The first kappa shape index (κ1) is 11.0. The van der Waals surface area contributed by atoms with Crippen molar-refractivity contribution in [1.29, 1.82) is 5.26 Å². The van der Waals surface area contributed by atoms with Gasteiger partial charge in [-0.3, -0.25) is 0 Å². The van der Waals surface area contributed by atoms with Crippen LogP contribution in [0.3, 0.4) is 0 Å². The molecule has 1 heterocycles. The molecule has 1 aromatic carbocycles. The van der Waals surface area contributed by atoms with Crippen molar-refractivity contribution >= 4 is 0 Å². The van der Waals surface area contributed by atoms with Crippen molar-refractivity contribution in [2.75, 3.05) is 13.2 Å². The van der Waals surface area contributed by atoms with E-state index < -0.39 is 0 Å². The van der Waals surface area contributed by atoms with Crippen LogP contribution in [-0.2, 0) is 4.74 Å². The molecule has 3 heteroatoms. The molecule has 1 saturated heterocycles. The Hall–Kier alpha value is -1.53. The monoisotopic (exact) mass is 217 g/mol. The van der Waals surface area contributed by atoms with E-state index in [4.69, 9.17) is 14.7 Å². The highest BCUT2D eigenvalue weighted by molar-refractivity contribution is 5.36. The molecule has 0 radical (unpaired) electrons. The molecule has 0 saturated carbocycles. The largest absolute Gasteiger partial charge is 0.491 e. The third-order valence-corrected chi connectivity index (χ3v) is 2.67. The average molecular weight is 217 g/mol. The highest BCUT2D eigenvalue weighted by Gasteiger charge is 2.14. The summed E-state index contributed by atoms with van der Waals surface area (Å²) in [4.78, 5) is 0. The van der Waals surface area contributed by atoms with E-state index in [-0.39, 0.29) is 6.10 Å². The van der Waals surface area contributed by atoms with Gasteiger partial charge in [-0.2, -0.15) is 5.26 Å². The minimum atomic E-state index is 0.208. The summed E-state index contributed by atoms with van der Waals surface area (Å²) in [6.07, 6.45) is 3.64. The van der Waals surface area contributed by atoms with E-state index in [0.717, 1.165) is 25.2 Å². The standard InChI is InChI=1S/C13H15NO2/c14-9-11-4-3-6-12(8-11)16-10-13-5-1-2-7-15-13/h3-4,6,8,13H,1-2,5,7,10H2. The molecular weight excluding hydrogens is 202 g/mol. The molecule has 1 aliphatic rings. The fourth-order valence-corrected chi connectivity index (χ4v) is 1.78. The van der Waals surface area contributed by atoms with Gasteiger partial charge in [0.2, 0.25) is 0 Å². The smallest absolute Gasteiger partial charge is 0.120 e. The summed E-state index contributed by atoms with van der Waals surface area (Å²) in [6, 6.07) is 9.31. The Morgan fingerprint density at radius 2 is 2.38 bits per heavy atom. The maximum atomic E-state index is 8.75. The third-order valence-electron chi connectivity index (χ3n) is 2.67. The van der Waals surface area contributed by atoms with Gasteiger partial charge in [0, 0.05) is 6.61 Å². The summed E-state index contributed by atoms with van der Waals surface area (Å²) in [7, 11) is 0. The topological polar surface area (TPSA) is 42.2 Å². The Morgan fingerprint density at radius 3 is 3.12 bits per heavy atom. The van der Waals surface area contributed by atoms with Gasteiger partial charge in [-0.05, 0) is 37.5 Å². The van der Waals surface area contributed by atoms with Gasteiger partial charge in [0.05, 0.1) is 17.7 Å². The summed E-state index contributed by atoms with van der Waals surface area (Å²) in [5.74, 6) is 0.744. The number of ether oxygens (including phenoxy) is 2. The van der Waals surface area contributed by atoms with E-state index in [1.165, 1.54) is 6.42 Å². The molecule has 0 bridgehead atoms. The summed E-state index contributed by atoms with van der Waals surface area (Å²) in [5.41, 5.74) is 0.627. The molecule has 1 atom stereocenters. The van der Waals surface area contributed by atoms with Gasteiger partial charge in [-0.1, -0.05) is 6.07 Å². The number of hydrogen-bond acceptors (Lipinski definition) is 3. The molecule has 0 aliphatic carbocycles. The summed E-state index contributed by atoms with van der Waals surface area (Å²) in [6.45, 7) is 1.42. The van der Waals surface area contributed by atoms with Crippen LogP contribution in [0.25, 0.3) is 0 Å². The van der Waals surface area contributed by atoms with Crippen LogP contribution in [0.15, 0.2) is 24.3 Å². The lowest BCUT2D eigenvalue weighted by Crippen LogP contribution is -2.25. The van der Waals surface area contributed by atoms with Crippen molar-refractivity contribution < 1.29 is 9.47 Å². The Labute approximate surface area is 95.6 Å². The van der Waals surface area contributed by atoms with Crippen molar-refractivity contribution in [3.63, 3.8) is 0 Å². The number of nitriles is 1. The van der Waals surface area contributed by atoms with E-state index in [9.17, 15) is 0 Å². The van der Waals surface area contributed by atoms with E-state index in [1.54, 1.807) is 12.1 Å². The molecule has 1 unspecified atom stereocenters. The van der Waals surface area contributed by atoms with Crippen LogP contribution >= 0.6 is 0 Å². The zero-order chi connectivity index (χ0) is 11.2. The highest BCUT2D eigenvalue weighted by Crippen LogP contribution is 2.16. The van der Waals surface area contributed by atoms with Crippen molar-refractivity contribution in [2.45, 2.75) is 25.4 Å². The Kier molecular flexibility index (Phi) is 3.79. The van der Waals surface area contributed by atoms with Crippen LogP contribution in [0.4, 0.5) is 0 Å². The predicted molar refractivity (Wildman–Crippen MR) is 60.2 cm³/mol. The van der Waals surface area contributed by atoms with Crippen molar-refractivity contribution in [3.05, 3.63) is 29.8 Å². The minimum Gasteiger partial charge on any atom is -0.491 e. The average Bonchev–Trinajstić information content (AvgIpc) is 2.38. The first-order chi connectivity index (χ1) is 7.88. The Balaban J connectivity index is 1.86. The molecule has 2 rings (SSSR count). The fourth-order valence-electron chi connectivity index (χ4n) is 1.78. The van der Waals surface area contributed by atoms with Crippen LogP contribution < -0.4 is 4.74 Å². The zero-order valence-corrected chi connectivity index (χ0v) is 9.19. The molecule has 0 spiro atoms. The zero-order valence-electron chi connectivity index (χ0n) is 9.19. The maximum absolute atomic E-state index is 8.75. The molecular formula is C13H15NO2. The van der Waals surface area contributed by atoms with Crippen LogP contribution in [0.1, 0.15) is 24.8 Å². The quantitative estimate of drug-likeness (QED) is 0.781. The lowest BCUT2D eigenvalue weighted by Gasteiger charge is -2.22. The molecule has 1 aliphatic heterocycles. The maximum Gasteiger partial charge on any atom is 0.120 e. The van der Waals surface area contributed by atoms with E-state index in [1.807, 2.05) is 12.1 Å².